The van der Waals surface area contributed by atoms with Gasteiger partial charge >= 0.3 is 0 Å². The van der Waals surface area contributed by atoms with Gasteiger partial charge in [0, 0.05) is 18.7 Å². The van der Waals surface area contributed by atoms with Crippen molar-refractivity contribution >= 4 is 23.0 Å². The molecule has 0 aliphatic heterocycles. The van der Waals surface area contributed by atoms with Gasteiger partial charge in [0.25, 0.3) is 0 Å². The molecule has 1 aromatic rings. The molecule has 0 heterocycles. The second kappa shape index (κ2) is 8.12. The lowest BCUT2D eigenvalue weighted by Crippen LogP contribution is -3.05. The number of benzene rings is 1. The van der Waals surface area contributed by atoms with E-state index in [1.54, 1.807) is 0 Å². The first-order chi connectivity index (χ1) is 8.99. The highest BCUT2D eigenvalue weighted by Crippen LogP contribution is 2.18. The van der Waals surface area contributed by atoms with Crippen molar-refractivity contribution < 1.29 is 4.90 Å². The summed E-state index contributed by atoms with van der Waals surface area (Å²) in [4.78, 5) is 1.46. The fraction of sp³-hybridized carbons (Fsp3) is 0.533. The predicted octanol–water partition coefficient (Wildman–Crippen LogP) is 1.63. The van der Waals surface area contributed by atoms with E-state index in [1.165, 1.54) is 10.5 Å². The standard InChI is InChI=1S/C15H25N3S/c1-12(2)13-7-5-8-14(11-13)17-15(19)16-9-6-10-18(3)4/h5,7-8,11-12H,6,9-10H2,1-4H3,(H2,16,17,19)/p+1. The molecule has 0 saturated carbocycles. The van der Waals surface area contributed by atoms with Crippen LogP contribution in [0.2, 0.25) is 0 Å². The molecule has 0 amide bonds. The average Bonchev–Trinajstić information content (AvgIpc) is 2.34. The predicted molar refractivity (Wildman–Crippen MR) is 87.0 cm³/mol. The van der Waals surface area contributed by atoms with Crippen LogP contribution in [-0.4, -0.2) is 32.3 Å². The third-order valence-corrected chi connectivity index (χ3v) is 3.20. The van der Waals surface area contributed by atoms with Gasteiger partial charge in [-0.15, -0.1) is 0 Å². The molecule has 1 rings (SSSR count). The summed E-state index contributed by atoms with van der Waals surface area (Å²) in [5, 5.41) is 7.18. The highest BCUT2D eigenvalue weighted by Gasteiger charge is 2.02. The molecule has 0 aromatic heterocycles. The summed E-state index contributed by atoms with van der Waals surface area (Å²) in [6.07, 6.45) is 1.12. The normalized spacial score (nSPS) is 10.8. The lowest BCUT2D eigenvalue weighted by molar-refractivity contribution is -0.858. The van der Waals surface area contributed by atoms with E-state index in [2.05, 4.69) is 56.8 Å². The number of anilines is 1. The Kier molecular flexibility index (Phi) is 6.81. The first kappa shape index (κ1) is 15.9. The van der Waals surface area contributed by atoms with Crippen molar-refractivity contribution in [2.75, 3.05) is 32.5 Å². The van der Waals surface area contributed by atoms with E-state index in [4.69, 9.17) is 12.2 Å². The molecule has 0 unspecified atom stereocenters. The van der Waals surface area contributed by atoms with Crippen LogP contribution in [0.15, 0.2) is 24.3 Å². The van der Waals surface area contributed by atoms with Crippen molar-refractivity contribution in [2.24, 2.45) is 0 Å². The van der Waals surface area contributed by atoms with Gasteiger partial charge in [0.15, 0.2) is 5.11 Å². The van der Waals surface area contributed by atoms with E-state index in [-0.39, 0.29) is 0 Å². The van der Waals surface area contributed by atoms with Gasteiger partial charge in [-0.1, -0.05) is 26.0 Å². The molecular formula is C15H26N3S+. The quantitative estimate of drug-likeness (QED) is 0.546. The molecule has 0 saturated heterocycles. The molecule has 0 radical (unpaired) electrons. The zero-order valence-corrected chi connectivity index (χ0v) is 13.2. The van der Waals surface area contributed by atoms with Crippen LogP contribution >= 0.6 is 12.2 Å². The van der Waals surface area contributed by atoms with Gasteiger partial charge in [-0.25, -0.2) is 0 Å². The average molecular weight is 280 g/mol. The largest absolute Gasteiger partial charge is 0.362 e. The van der Waals surface area contributed by atoms with Crippen molar-refractivity contribution in [3.05, 3.63) is 29.8 Å². The van der Waals surface area contributed by atoms with Crippen molar-refractivity contribution in [3.63, 3.8) is 0 Å². The summed E-state index contributed by atoms with van der Waals surface area (Å²) in [6.45, 7) is 6.46. The Morgan fingerprint density at radius 2 is 2.05 bits per heavy atom. The van der Waals surface area contributed by atoms with E-state index in [0.29, 0.717) is 11.0 Å². The molecule has 0 bridgehead atoms. The fourth-order valence-corrected chi connectivity index (χ4v) is 2.01. The molecule has 0 atom stereocenters. The SMILES string of the molecule is CC(C)c1cccc(NC(=S)NCCC[NH+](C)C)c1. The molecule has 1 aromatic carbocycles. The minimum atomic E-state index is 0.534. The maximum atomic E-state index is 5.29. The number of quaternary nitrogens is 1. The third-order valence-electron chi connectivity index (χ3n) is 2.95. The molecule has 4 heteroatoms. The zero-order valence-electron chi connectivity index (χ0n) is 12.4. The summed E-state index contributed by atoms with van der Waals surface area (Å²) in [7, 11) is 4.32. The molecule has 0 fully saturated rings. The topological polar surface area (TPSA) is 28.5 Å². The molecule has 3 N–H and O–H groups in total. The van der Waals surface area contributed by atoms with Crippen molar-refractivity contribution in [1.29, 1.82) is 0 Å². The Bertz CT molecular complexity index is 402. The lowest BCUT2D eigenvalue weighted by atomic mass is 10.0. The fourth-order valence-electron chi connectivity index (χ4n) is 1.79. The molecule has 106 valence electrons. The van der Waals surface area contributed by atoms with Crippen LogP contribution < -0.4 is 15.5 Å². The van der Waals surface area contributed by atoms with Gasteiger partial charge in [-0.3, -0.25) is 0 Å². The van der Waals surface area contributed by atoms with Gasteiger partial charge in [-0.2, -0.15) is 0 Å². The maximum Gasteiger partial charge on any atom is 0.170 e. The minimum absolute atomic E-state index is 0.534. The summed E-state index contributed by atoms with van der Waals surface area (Å²) in [5.74, 6) is 0.534. The molecular weight excluding hydrogens is 254 g/mol. The minimum Gasteiger partial charge on any atom is -0.362 e. The smallest absolute Gasteiger partial charge is 0.170 e. The van der Waals surface area contributed by atoms with E-state index in [0.717, 1.165) is 25.2 Å². The van der Waals surface area contributed by atoms with Gasteiger partial charge in [0.2, 0.25) is 0 Å². The van der Waals surface area contributed by atoms with Crippen LogP contribution in [0.1, 0.15) is 31.7 Å². The summed E-state index contributed by atoms with van der Waals surface area (Å²) < 4.78 is 0. The van der Waals surface area contributed by atoms with Crippen LogP contribution in [-0.2, 0) is 0 Å². The van der Waals surface area contributed by atoms with E-state index in [9.17, 15) is 0 Å². The molecule has 0 aliphatic carbocycles. The Hall–Kier alpha value is -1.13. The van der Waals surface area contributed by atoms with Gasteiger partial charge in [-0.05, 0) is 35.8 Å². The lowest BCUT2D eigenvalue weighted by Gasteiger charge is -2.13. The third kappa shape index (κ3) is 6.55. The monoisotopic (exact) mass is 280 g/mol. The number of nitrogens with one attached hydrogen (secondary N) is 3. The Labute approximate surface area is 122 Å². The van der Waals surface area contributed by atoms with Gasteiger partial charge in [0.05, 0.1) is 20.6 Å². The molecule has 3 nitrogen and oxygen atoms in total. The second-order valence-electron chi connectivity index (χ2n) is 5.47. The summed E-state index contributed by atoms with van der Waals surface area (Å²) in [5.41, 5.74) is 2.38. The first-order valence-corrected chi connectivity index (χ1v) is 7.33. The van der Waals surface area contributed by atoms with Crippen molar-refractivity contribution in [2.45, 2.75) is 26.2 Å². The Balaban J connectivity index is 2.37. The van der Waals surface area contributed by atoms with Crippen LogP contribution in [0.3, 0.4) is 0 Å². The highest BCUT2D eigenvalue weighted by atomic mass is 32.1. The second-order valence-corrected chi connectivity index (χ2v) is 5.88. The van der Waals surface area contributed by atoms with Crippen LogP contribution in [0.5, 0.6) is 0 Å². The van der Waals surface area contributed by atoms with Gasteiger partial charge in [0.1, 0.15) is 0 Å². The molecule has 19 heavy (non-hydrogen) atoms. The van der Waals surface area contributed by atoms with E-state index in [1.807, 2.05) is 6.07 Å². The van der Waals surface area contributed by atoms with E-state index < -0.39 is 0 Å². The summed E-state index contributed by atoms with van der Waals surface area (Å²) >= 11 is 5.29. The summed E-state index contributed by atoms with van der Waals surface area (Å²) in [6, 6.07) is 8.41. The number of thiocarbonyl (C=S) groups is 1. The van der Waals surface area contributed by atoms with Gasteiger partial charge < -0.3 is 15.5 Å². The van der Waals surface area contributed by atoms with Crippen LogP contribution in [0.4, 0.5) is 5.69 Å². The highest BCUT2D eigenvalue weighted by molar-refractivity contribution is 7.80. The molecule has 0 aliphatic rings. The molecule has 0 spiro atoms. The first-order valence-electron chi connectivity index (χ1n) is 6.93. The Morgan fingerprint density at radius 3 is 2.68 bits per heavy atom. The van der Waals surface area contributed by atoms with Crippen LogP contribution in [0.25, 0.3) is 0 Å². The maximum absolute atomic E-state index is 5.29. The van der Waals surface area contributed by atoms with E-state index >= 15 is 0 Å². The number of hydrogen-bond donors (Lipinski definition) is 3. The van der Waals surface area contributed by atoms with Crippen molar-refractivity contribution in [3.8, 4) is 0 Å². The number of hydrogen-bond acceptors (Lipinski definition) is 1. The Morgan fingerprint density at radius 1 is 1.32 bits per heavy atom. The van der Waals surface area contributed by atoms with Crippen LogP contribution in [0, 0.1) is 0 Å². The van der Waals surface area contributed by atoms with Crippen molar-refractivity contribution in [1.82, 2.24) is 5.32 Å². The zero-order chi connectivity index (χ0) is 14.3. The number of rotatable bonds is 6.